The molecule has 0 aliphatic heterocycles. The summed E-state index contributed by atoms with van der Waals surface area (Å²) >= 11 is 1.19. The minimum absolute atomic E-state index is 0.294. The number of nitrogens with zero attached hydrogens (tertiary/aromatic N) is 4. The van der Waals surface area contributed by atoms with Crippen molar-refractivity contribution < 1.29 is 18.3 Å². The molecule has 1 heterocycles. The van der Waals surface area contributed by atoms with Gasteiger partial charge in [-0.1, -0.05) is 11.8 Å². The van der Waals surface area contributed by atoms with Crippen molar-refractivity contribution >= 4 is 18.0 Å². The van der Waals surface area contributed by atoms with Gasteiger partial charge in [-0.3, -0.25) is 0 Å². The quantitative estimate of drug-likeness (QED) is 0.572. The molecule has 0 aliphatic carbocycles. The number of benzene rings is 1. The van der Waals surface area contributed by atoms with Crippen LogP contribution in [0.1, 0.15) is 23.4 Å². The van der Waals surface area contributed by atoms with E-state index >= 15 is 0 Å². The molecule has 23 heavy (non-hydrogen) atoms. The van der Waals surface area contributed by atoms with Gasteiger partial charge in [0.15, 0.2) is 0 Å². The molecule has 0 N–H and O–H groups in total. The molecule has 2 rings (SSSR count). The van der Waals surface area contributed by atoms with E-state index in [1.807, 2.05) is 6.07 Å². The highest BCUT2D eigenvalue weighted by molar-refractivity contribution is 7.98. The molecule has 0 bridgehead atoms. The molecule has 9 heteroatoms. The molecule has 0 amide bonds. The Morgan fingerprint density at radius 3 is 2.74 bits per heavy atom. The number of methoxy groups -OCH3 is 2. The van der Waals surface area contributed by atoms with Crippen molar-refractivity contribution in [2.24, 2.45) is 5.10 Å². The standard InChI is InChI=1S/C14H16F2N4O2S/c1-21-8-10-6-9(4-5-11(10)22-2)7-17-20-13(12(15)16)18-19-14(20)23-3/h4-7,12H,8H2,1-3H3. The lowest BCUT2D eigenvalue weighted by Gasteiger charge is -2.08. The van der Waals surface area contributed by atoms with Gasteiger partial charge in [0.1, 0.15) is 5.75 Å². The summed E-state index contributed by atoms with van der Waals surface area (Å²) < 4.78 is 37.2. The van der Waals surface area contributed by atoms with Crippen LogP contribution in [-0.4, -0.2) is 41.6 Å². The maximum absolute atomic E-state index is 12.9. The molecule has 1 aromatic carbocycles. The van der Waals surface area contributed by atoms with Gasteiger partial charge in [-0.15, -0.1) is 10.2 Å². The smallest absolute Gasteiger partial charge is 0.299 e. The van der Waals surface area contributed by atoms with Crippen LogP contribution < -0.4 is 4.74 Å². The summed E-state index contributed by atoms with van der Waals surface area (Å²) in [6, 6.07) is 5.36. The van der Waals surface area contributed by atoms with Crippen LogP contribution in [0, 0.1) is 0 Å². The molecular formula is C14H16F2N4O2S. The van der Waals surface area contributed by atoms with Crippen molar-refractivity contribution in [3.8, 4) is 5.75 Å². The highest BCUT2D eigenvalue weighted by atomic mass is 32.2. The molecule has 2 aromatic rings. The molecular weight excluding hydrogens is 326 g/mol. The molecule has 0 atom stereocenters. The first kappa shape index (κ1) is 17.4. The fraction of sp³-hybridized carbons (Fsp3) is 0.357. The minimum Gasteiger partial charge on any atom is -0.496 e. The Morgan fingerprint density at radius 2 is 2.13 bits per heavy atom. The minimum atomic E-state index is -2.75. The Labute approximate surface area is 136 Å². The molecule has 0 saturated carbocycles. The van der Waals surface area contributed by atoms with Crippen LogP contribution in [0.4, 0.5) is 8.78 Å². The maximum atomic E-state index is 12.9. The summed E-state index contributed by atoms with van der Waals surface area (Å²) in [7, 11) is 3.15. The van der Waals surface area contributed by atoms with Crippen molar-refractivity contribution in [1.29, 1.82) is 0 Å². The topological polar surface area (TPSA) is 61.5 Å². The zero-order valence-corrected chi connectivity index (χ0v) is 13.7. The summed E-state index contributed by atoms with van der Waals surface area (Å²) in [6.07, 6.45) is 0.434. The lowest BCUT2D eigenvalue weighted by molar-refractivity contribution is 0.135. The third-order valence-electron chi connectivity index (χ3n) is 2.94. The Bertz CT molecular complexity index is 691. The molecule has 0 aliphatic rings. The van der Waals surface area contributed by atoms with Crippen molar-refractivity contribution in [2.75, 3.05) is 20.5 Å². The van der Waals surface area contributed by atoms with Crippen LogP contribution in [0.15, 0.2) is 28.5 Å². The first-order valence-corrected chi connectivity index (χ1v) is 7.80. The van der Waals surface area contributed by atoms with Gasteiger partial charge in [0.25, 0.3) is 6.43 Å². The number of halogens is 2. The second-order valence-electron chi connectivity index (χ2n) is 4.41. The number of hydrogen-bond acceptors (Lipinski definition) is 6. The number of thioether (sulfide) groups is 1. The van der Waals surface area contributed by atoms with Crippen molar-refractivity contribution in [3.05, 3.63) is 35.2 Å². The molecule has 0 spiro atoms. The molecule has 0 fully saturated rings. The zero-order valence-electron chi connectivity index (χ0n) is 12.9. The molecule has 124 valence electrons. The third kappa shape index (κ3) is 4.05. The Morgan fingerprint density at radius 1 is 1.35 bits per heavy atom. The van der Waals surface area contributed by atoms with E-state index in [1.165, 1.54) is 18.0 Å². The van der Waals surface area contributed by atoms with Crippen molar-refractivity contribution in [2.45, 2.75) is 18.2 Å². The molecule has 0 unspecified atom stereocenters. The summed E-state index contributed by atoms with van der Waals surface area (Å²) in [5.41, 5.74) is 1.56. The van der Waals surface area contributed by atoms with Crippen molar-refractivity contribution in [1.82, 2.24) is 14.9 Å². The summed E-state index contributed by atoms with van der Waals surface area (Å²) in [4.78, 5) is 0. The van der Waals surface area contributed by atoms with Gasteiger partial charge in [0.2, 0.25) is 11.0 Å². The number of hydrogen-bond donors (Lipinski definition) is 0. The number of alkyl halides is 2. The third-order valence-corrected chi connectivity index (χ3v) is 3.56. The number of rotatable bonds is 7. The first-order chi connectivity index (χ1) is 11.1. The second-order valence-corrected chi connectivity index (χ2v) is 5.18. The Balaban J connectivity index is 2.33. The lowest BCUT2D eigenvalue weighted by atomic mass is 10.1. The van der Waals surface area contributed by atoms with Gasteiger partial charge in [-0.2, -0.15) is 9.78 Å². The highest BCUT2D eigenvalue weighted by Crippen LogP contribution is 2.22. The number of ether oxygens (including phenoxy) is 2. The van der Waals surface area contributed by atoms with E-state index in [0.717, 1.165) is 15.8 Å². The maximum Gasteiger partial charge on any atom is 0.299 e. The van der Waals surface area contributed by atoms with Gasteiger partial charge < -0.3 is 9.47 Å². The second kappa shape index (κ2) is 8.02. The van der Waals surface area contributed by atoms with Crippen LogP contribution in [-0.2, 0) is 11.3 Å². The van der Waals surface area contributed by atoms with Crippen LogP contribution >= 0.6 is 11.8 Å². The van der Waals surface area contributed by atoms with Gasteiger partial charge in [0, 0.05) is 12.7 Å². The van der Waals surface area contributed by atoms with Gasteiger partial charge in [0.05, 0.1) is 19.9 Å². The van der Waals surface area contributed by atoms with E-state index in [-0.39, 0.29) is 0 Å². The van der Waals surface area contributed by atoms with E-state index < -0.39 is 12.2 Å². The largest absolute Gasteiger partial charge is 0.496 e. The summed E-state index contributed by atoms with van der Waals surface area (Å²) in [5.74, 6) is 0.197. The number of aromatic nitrogens is 3. The van der Waals surface area contributed by atoms with E-state index in [2.05, 4.69) is 15.3 Å². The fourth-order valence-corrected chi connectivity index (χ4v) is 2.36. The van der Waals surface area contributed by atoms with Gasteiger partial charge >= 0.3 is 0 Å². The SMILES string of the molecule is COCc1cc(C=Nn2c(SC)nnc2C(F)F)ccc1OC. The van der Waals surface area contributed by atoms with E-state index in [4.69, 9.17) is 9.47 Å². The average molecular weight is 342 g/mol. The predicted octanol–water partition coefficient (Wildman–Crippen LogP) is 2.97. The summed E-state index contributed by atoms with van der Waals surface area (Å²) in [5, 5.41) is 11.5. The van der Waals surface area contributed by atoms with Gasteiger partial charge in [-0.05, 0) is 30.0 Å². The first-order valence-electron chi connectivity index (χ1n) is 6.58. The normalized spacial score (nSPS) is 11.6. The van der Waals surface area contributed by atoms with Crippen LogP contribution in [0.2, 0.25) is 0 Å². The lowest BCUT2D eigenvalue weighted by Crippen LogP contribution is -2.01. The van der Waals surface area contributed by atoms with E-state index in [0.29, 0.717) is 17.5 Å². The van der Waals surface area contributed by atoms with Crippen LogP contribution in [0.3, 0.4) is 0 Å². The predicted molar refractivity (Wildman–Crippen MR) is 83.5 cm³/mol. The Hall–Kier alpha value is -2.00. The molecule has 0 saturated heterocycles. The zero-order chi connectivity index (χ0) is 16.8. The molecule has 6 nitrogen and oxygen atoms in total. The fourth-order valence-electron chi connectivity index (χ4n) is 1.92. The van der Waals surface area contributed by atoms with Gasteiger partial charge in [-0.25, -0.2) is 8.78 Å². The van der Waals surface area contributed by atoms with Crippen molar-refractivity contribution in [3.63, 3.8) is 0 Å². The Kier molecular flexibility index (Phi) is 6.05. The highest BCUT2D eigenvalue weighted by Gasteiger charge is 2.19. The van der Waals surface area contributed by atoms with Crippen LogP contribution in [0.5, 0.6) is 5.75 Å². The molecule has 0 radical (unpaired) electrons. The molecule has 1 aromatic heterocycles. The van der Waals surface area contributed by atoms with Crippen LogP contribution in [0.25, 0.3) is 0 Å². The summed E-state index contributed by atoms with van der Waals surface area (Å²) in [6.45, 7) is 0.371. The average Bonchev–Trinajstić information content (AvgIpc) is 2.96. The van der Waals surface area contributed by atoms with E-state index in [9.17, 15) is 8.78 Å². The monoisotopic (exact) mass is 342 g/mol. The van der Waals surface area contributed by atoms with E-state index in [1.54, 1.807) is 32.6 Å².